The summed E-state index contributed by atoms with van der Waals surface area (Å²) >= 11 is 1.46. The molecule has 1 fully saturated rings. The van der Waals surface area contributed by atoms with Gasteiger partial charge in [-0.25, -0.2) is 0 Å². The smallest absolute Gasteiger partial charge is 0.237 e. The van der Waals surface area contributed by atoms with Crippen molar-refractivity contribution < 1.29 is 9.53 Å². The normalized spacial score (nSPS) is 16.6. The van der Waals surface area contributed by atoms with E-state index in [-0.39, 0.29) is 5.91 Å². The third kappa shape index (κ3) is 4.09. The summed E-state index contributed by atoms with van der Waals surface area (Å²) in [4.78, 5) is 15.0. The number of ether oxygens (including phenoxy) is 1. The molecule has 1 aromatic heterocycles. The van der Waals surface area contributed by atoms with Crippen LogP contribution in [0, 0.1) is 0 Å². The fraction of sp³-hybridized carbons (Fsp3) is 0.476. The first-order valence-electron chi connectivity index (χ1n) is 9.85. The number of amides is 1. The summed E-state index contributed by atoms with van der Waals surface area (Å²) in [6, 6.07) is 8.16. The van der Waals surface area contributed by atoms with Crippen LogP contribution in [0.4, 0.5) is 0 Å². The number of hydrogen-bond acceptors (Lipinski definition) is 5. The van der Waals surface area contributed by atoms with Crippen molar-refractivity contribution in [2.24, 2.45) is 7.05 Å². The van der Waals surface area contributed by atoms with Gasteiger partial charge >= 0.3 is 0 Å². The number of hydrogen-bond donors (Lipinski definition) is 0. The number of allylic oxidation sites excluding steroid dienone is 2. The van der Waals surface area contributed by atoms with Crippen LogP contribution in [0.5, 0.6) is 5.75 Å². The minimum Gasteiger partial charge on any atom is -0.497 e. The molecule has 0 saturated heterocycles. The third-order valence-electron chi connectivity index (χ3n) is 5.27. The second kappa shape index (κ2) is 8.39. The Morgan fingerprint density at radius 1 is 1.25 bits per heavy atom. The van der Waals surface area contributed by atoms with Crippen LogP contribution in [0.2, 0.25) is 0 Å². The van der Waals surface area contributed by atoms with Crippen molar-refractivity contribution >= 4 is 17.7 Å². The average Bonchev–Trinajstić information content (AvgIpc) is 3.49. The first kappa shape index (κ1) is 19.1. The molecule has 0 radical (unpaired) electrons. The summed E-state index contributed by atoms with van der Waals surface area (Å²) in [7, 11) is 3.59. The molecule has 148 valence electrons. The van der Waals surface area contributed by atoms with Gasteiger partial charge in [-0.1, -0.05) is 17.8 Å². The van der Waals surface area contributed by atoms with Crippen LogP contribution in [0.3, 0.4) is 0 Å². The van der Waals surface area contributed by atoms with Crippen molar-refractivity contribution in [3.8, 4) is 17.1 Å². The second-order valence-corrected chi connectivity index (χ2v) is 8.26. The molecule has 1 heterocycles. The van der Waals surface area contributed by atoms with Gasteiger partial charge in [-0.15, -0.1) is 10.2 Å². The van der Waals surface area contributed by atoms with Crippen LogP contribution in [0.1, 0.15) is 38.5 Å². The van der Waals surface area contributed by atoms with Gasteiger partial charge in [0.05, 0.1) is 12.9 Å². The lowest BCUT2D eigenvalue weighted by Gasteiger charge is -2.27. The molecule has 2 aliphatic rings. The maximum absolute atomic E-state index is 12.9. The number of nitrogens with zero attached hydrogens (tertiary/aromatic N) is 4. The molecule has 0 aliphatic heterocycles. The Morgan fingerprint density at radius 2 is 2.04 bits per heavy atom. The van der Waals surface area contributed by atoms with Crippen LogP contribution in [-0.2, 0) is 11.8 Å². The number of carbonyl (C=O) groups is 1. The van der Waals surface area contributed by atoms with E-state index in [2.05, 4.69) is 21.2 Å². The molecule has 2 aromatic rings. The average molecular weight is 399 g/mol. The third-order valence-corrected chi connectivity index (χ3v) is 6.27. The molecule has 0 N–H and O–H groups in total. The van der Waals surface area contributed by atoms with Gasteiger partial charge in [-0.3, -0.25) is 4.79 Å². The van der Waals surface area contributed by atoms with E-state index in [0.717, 1.165) is 48.0 Å². The fourth-order valence-corrected chi connectivity index (χ4v) is 4.37. The highest BCUT2D eigenvalue weighted by Crippen LogP contribution is 2.34. The molecule has 1 aromatic carbocycles. The molecule has 1 amide bonds. The lowest BCUT2D eigenvalue weighted by molar-refractivity contribution is -0.127. The molecule has 0 bridgehead atoms. The van der Waals surface area contributed by atoms with Gasteiger partial charge in [0.1, 0.15) is 5.75 Å². The van der Waals surface area contributed by atoms with E-state index in [1.165, 1.54) is 30.3 Å². The predicted molar refractivity (Wildman–Crippen MR) is 110 cm³/mol. The molecule has 0 atom stereocenters. The van der Waals surface area contributed by atoms with E-state index in [1.54, 1.807) is 7.11 Å². The van der Waals surface area contributed by atoms with Crippen LogP contribution in [-0.4, -0.2) is 44.5 Å². The molecule has 28 heavy (non-hydrogen) atoms. The number of carbonyl (C=O) groups excluding carboxylic acids is 1. The standard InChI is InChI=1S/C21H26N4O2S/c1-24-20(15-8-12-18(27-2)13-9-15)22-23-21(24)28-14-19(26)25(17-10-11-17)16-6-4-3-5-7-16/h6,8-9,12-13,17H,3-5,7,10-11,14H2,1-2H3. The Kier molecular flexibility index (Phi) is 5.71. The maximum Gasteiger partial charge on any atom is 0.237 e. The van der Waals surface area contributed by atoms with Gasteiger partial charge in [-0.2, -0.15) is 0 Å². The molecule has 2 aliphatic carbocycles. The highest BCUT2D eigenvalue weighted by atomic mass is 32.2. The molecular weight excluding hydrogens is 372 g/mol. The molecule has 1 saturated carbocycles. The minimum atomic E-state index is 0.189. The summed E-state index contributed by atoms with van der Waals surface area (Å²) in [6.45, 7) is 0. The largest absolute Gasteiger partial charge is 0.497 e. The topological polar surface area (TPSA) is 60.3 Å². The highest BCUT2D eigenvalue weighted by molar-refractivity contribution is 7.99. The molecule has 0 spiro atoms. The van der Waals surface area contributed by atoms with Crippen molar-refractivity contribution in [1.29, 1.82) is 0 Å². The quantitative estimate of drug-likeness (QED) is 0.659. The number of methoxy groups -OCH3 is 1. The Balaban J connectivity index is 1.43. The van der Waals surface area contributed by atoms with Crippen LogP contribution in [0.15, 0.2) is 41.2 Å². The van der Waals surface area contributed by atoms with E-state index in [1.807, 2.05) is 35.9 Å². The van der Waals surface area contributed by atoms with Crippen molar-refractivity contribution in [2.75, 3.05) is 12.9 Å². The van der Waals surface area contributed by atoms with Crippen LogP contribution < -0.4 is 4.74 Å². The van der Waals surface area contributed by atoms with Gasteiger partial charge in [0, 0.05) is 24.4 Å². The lowest BCUT2D eigenvalue weighted by atomic mass is 10.0. The zero-order chi connectivity index (χ0) is 19.5. The predicted octanol–water partition coefficient (Wildman–Crippen LogP) is 4.03. The van der Waals surface area contributed by atoms with Gasteiger partial charge in [0.15, 0.2) is 11.0 Å². The number of benzene rings is 1. The maximum atomic E-state index is 12.9. The summed E-state index contributed by atoms with van der Waals surface area (Å²) in [5.74, 6) is 2.17. The van der Waals surface area contributed by atoms with E-state index in [0.29, 0.717) is 11.8 Å². The van der Waals surface area contributed by atoms with Crippen molar-refractivity contribution in [3.05, 3.63) is 36.0 Å². The minimum absolute atomic E-state index is 0.189. The Hall–Kier alpha value is -2.28. The second-order valence-electron chi connectivity index (χ2n) is 7.32. The Morgan fingerprint density at radius 3 is 2.68 bits per heavy atom. The van der Waals surface area contributed by atoms with E-state index in [4.69, 9.17) is 4.74 Å². The summed E-state index contributed by atoms with van der Waals surface area (Å²) in [6.07, 6.45) is 9.04. The monoisotopic (exact) mass is 398 g/mol. The molecule has 7 heteroatoms. The van der Waals surface area contributed by atoms with Gasteiger partial charge in [-0.05, 0) is 62.8 Å². The van der Waals surface area contributed by atoms with Crippen molar-refractivity contribution in [1.82, 2.24) is 19.7 Å². The van der Waals surface area contributed by atoms with Gasteiger partial charge < -0.3 is 14.2 Å². The SMILES string of the molecule is COc1ccc(-c2nnc(SCC(=O)N(C3=CCCCC3)C3CC3)n2C)cc1. The molecule has 4 rings (SSSR count). The summed E-state index contributed by atoms with van der Waals surface area (Å²) in [5, 5.41) is 9.37. The van der Waals surface area contributed by atoms with Crippen molar-refractivity contribution in [2.45, 2.75) is 49.7 Å². The molecular formula is C21H26N4O2S. The first-order valence-corrected chi connectivity index (χ1v) is 10.8. The summed E-state index contributed by atoms with van der Waals surface area (Å²) in [5.41, 5.74) is 2.21. The fourth-order valence-electron chi connectivity index (χ4n) is 3.60. The van der Waals surface area contributed by atoms with E-state index >= 15 is 0 Å². The van der Waals surface area contributed by atoms with Crippen LogP contribution in [0.25, 0.3) is 11.4 Å². The lowest BCUT2D eigenvalue weighted by Crippen LogP contribution is -2.34. The molecule has 6 nitrogen and oxygen atoms in total. The van der Waals surface area contributed by atoms with Gasteiger partial charge in [0.25, 0.3) is 0 Å². The highest BCUT2D eigenvalue weighted by Gasteiger charge is 2.35. The first-order chi connectivity index (χ1) is 13.7. The summed E-state index contributed by atoms with van der Waals surface area (Å²) < 4.78 is 7.15. The Bertz CT molecular complexity index is 871. The number of aromatic nitrogens is 3. The zero-order valence-electron chi connectivity index (χ0n) is 16.4. The zero-order valence-corrected chi connectivity index (χ0v) is 17.2. The van der Waals surface area contributed by atoms with Crippen LogP contribution >= 0.6 is 11.8 Å². The number of thioether (sulfide) groups is 1. The van der Waals surface area contributed by atoms with E-state index in [9.17, 15) is 4.79 Å². The van der Waals surface area contributed by atoms with Gasteiger partial charge in [0.2, 0.25) is 5.91 Å². The van der Waals surface area contributed by atoms with Crippen molar-refractivity contribution in [3.63, 3.8) is 0 Å². The number of rotatable bonds is 7. The van der Waals surface area contributed by atoms with E-state index < -0.39 is 0 Å². The Labute approximate surface area is 170 Å². The molecule has 0 unspecified atom stereocenters.